The molecule has 0 bridgehead atoms. The van der Waals surface area contributed by atoms with Crippen LogP contribution in [-0.2, 0) is 4.74 Å². The number of likely N-dealkylation sites (tertiary alicyclic amines) is 1. The molecule has 1 aliphatic rings. The summed E-state index contributed by atoms with van der Waals surface area (Å²) < 4.78 is 8.47. The minimum Gasteiger partial charge on any atom is -0.362 e. The molecule has 0 spiro atoms. The summed E-state index contributed by atoms with van der Waals surface area (Å²) in [7, 11) is 0. The van der Waals surface area contributed by atoms with Crippen LogP contribution in [0.15, 0.2) is 57.5 Å². The fourth-order valence-electron chi connectivity index (χ4n) is 2.91. The monoisotopic (exact) mass is 494 g/mol. The van der Waals surface area contributed by atoms with Gasteiger partial charge in [-0.3, -0.25) is 0 Å². The Morgan fingerprint density at radius 3 is 1.96 bits per heavy atom. The topological polar surface area (TPSA) is 41.6 Å². The lowest BCUT2D eigenvalue weighted by Crippen LogP contribution is -2.58. The second-order valence-corrected chi connectivity index (χ2v) is 9.06. The van der Waals surface area contributed by atoms with Gasteiger partial charge in [-0.05, 0) is 41.3 Å². The summed E-state index contributed by atoms with van der Waals surface area (Å²) in [5, 5.41) is 2.95. The Morgan fingerprint density at radius 2 is 1.52 bits per heavy atom. The minimum atomic E-state index is -0.155. The fraction of sp³-hybridized carbons (Fsp3) is 0.381. The number of nitrogens with zero attached hydrogens (tertiary/aromatic N) is 1. The van der Waals surface area contributed by atoms with Gasteiger partial charge in [0.05, 0.1) is 19.2 Å². The van der Waals surface area contributed by atoms with Crippen LogP contribution in [0.5, 0.6) is 0 Å². The Balaban J connectivity index is 1.66. The molecule has 4 nitrogen and oxygen atoms in total. The smallest absolute Gasteiger partial charge is 0.317 e. The third-order valence-electron chi connectivity index (χ3n) is 4.47. The largest absolute Gasteiger partial charge is 0.362 e. The zero-order valence-electron chi connectivity index (χ0n) is 15.5. The summed E-state index contributed by atoms with van der Waals surface area (Å²) in [6.07, 6.45) is -0.121. The molecule has 2 aromatic carbocycles. The van der Waals surface area contributed by atoms with E-state index in [1.165, 1.54) is 0 Å². The van der Waals surface area contributed by atoms with Gasteiger partial charge in [0.1, 0.15) is 6.10 Å². The number of carbonyl (C=O) groups is 1. The number of carbonyl (C=O) groups excluding carboxylic acids is 1. The first kappa shape index (κ1) is 20.4. The Bertz CT molecular complexity index is 711. The van der Waals surface area contributed by atoms with Crippen LogP contribution in [0.1, 0.15) is 31.1 Å². The van der Waals surface area contributed by atoms with E-state index in [1.807, 2.05) is 24.3 Å². The van der Waals surface area contributed by atoms with Crippen LogP contribution in [0.25, 0.3) is 0 Å². The summed E-state index contributed by atoms with van der Waals surface area (Å²) in [5.41, 5.74) is 2.20. The molecule has 27 heavy (non-hydrogen) atoms. The van der Waals surface area contributed by atoms with Crippen molar-refractivity contribution < 1.29 is 9.53 Å². The van der Waals surface area contributed by atoms with Crippen LogP contribution in [0.3, 0.4) is 0 Å². The van der Waals surface area contributed by atoms with E-state index < -0.39 is 0 Å². The van der Waals surface area contributed by atoms with Crippen LogP contribution < -0.4 is 5.32 Å². The zero-order valence-corrected chi connectivity index (χ0v) is 18.7. The lowest BCUT2D eigenvalue weighted by molar-refractivity contribution is -0.0646. The molecule has 1 saturated heterocycles. The molecule has 1 N–H and O–H groups in total. The number of hydrogen-bond donors (Lipinski definition) is 1. The van der Waals surface area contributed by atoms with Gasteiger partial charge in [0, 0.05) is 15.5 Å². The molecule has 3 rings (SSSR count). The highest BCUT2D eigenvalue weighted by Crippen LogP contribution is 2.31. The predicted molar refractivity (Wildman–Crippen MR) is 115 cm³/mol. The van der Waals surface area contributed by atoms with Crippen molar-refractivity contribution in [2.75, 3.05) is 19.6 Å². The van der Waals surface area contributed by atoms with Crippen molar-refractivity contribution in [2.45, 2.75) is 26.1 Å². The number of amides is 2. The van der Waals surface area contributed by atoms with Crippen LogP contribution in [0.4, 0.5) is 4.79 Å². The minimum absolute atomic E-state index is 0.00705. The number of hydrogen-bond acceptors (Lipinski definition) is 2. The fourth-order valence-corrected chi connectivity index (χ4v) is 3.44. The maximum absolute atomic E-state index is 12.1. The van der Waals surface area contributed by atoms with Crippen molar-refractivity contribution in [2.24, 2.45) is 5.92 Å². The Labute approximate surface area is 177 Å². The van der Waals surface area contributed by atoms with Crippen LogP contribution in [0, 0.1) is 5.92 Å². The van der Waals surface area contributed by atoms with E-state index in [0.717, 1.165) is 20.1 Å². The van der Waals surface area contributed by atoms with Gasteiger partial charge in [-0.15, -0.1) is 0 Å². The molecule has 6 heteroatoms. The van der Waals surface area contributed by atoms with Crippen molar-refractivity contribution in [3.63, 3.8) is 0 Å². The molecule has 0 aromatic heterocycles. The molecule has 144 valence electrons. The molecular weight excluding hydrogens is 472 g/mol. The first-order valence-electron chi connectivity index (χ1n) is 9.11. The van der Waals surface area contributed by atoms with Crippen molar-refractivity contribution in [3.8, 4) is 0 Å². The maximum Gasteiger partial charge on any atom is 0.317 e. The van der Waals surface area contributed by atoms with Gasteiger partial charge in [0.15, 0.2) is 0 Å². The molecule has 0 radical (unpaired) electrons. The predicted octanol–water partition coefficient (Wildman–Crippen LogP) is 5.37. The van der Waals surface area contributed by atoms with E-state index in [2.05, 4.69) is 75.3 Å². The van der Waals surface area contributed by atoms with Gasteiger partial charge in [-0.25, -0.2) is 4.79 Å². The summed E-state index contributed by atoms with van der Waals surface area (Å²) in [6.45, 7) is 6.11. The first-order chi connectivity index (χ1) is 12.9. The van der Waals surface area contributed by atoms with Crippen LogP contribution in [-0.4, -0.2) is 36.7 Å². The molecule has 0 aliphatic carbocycles. The Morgan fingerprint density at radius 1 is 1.04 bits per heavy atom. The molecule has 2 amide bonds. The average molecular weight is 496 g/mol. The molecule has 0 atom stereocenters. The van der Waals surface area contributed by atoms with Gasteiger partial charge in [-0.1, -0.05) is 70.0 Å². The molecule has 0 unspecified atom stereocenters. The van der Waals surface area contributed by atoms with Crippen molar-refractivity contribution >= 4 is 37.9 Å². The lowest BCUT2D eigenvalue weighted by atomic mass is 10.0. The summed E-state index contributed by atoms with van der Waals surface area (Å²) in [5.74, 6) is 0.446. The van der Waals surface area contributed by atoms with E-state index in [-0.39, 0.29) is 18.2 Å². The molecule has 1 fully saturated rings. The van der Waals surface area contributed by atoms with Crippen molar-refractivity contribution in [1.29, 1.82) is 0 Å². The third-order valence-corrected chi connectivity index (χ3v) is 5.53. The summed E-state index contributed by atoms with van der Waals surface area (Å²) >= 11 is 6.97. The van der Waals surface area contributed by atoms with E-state index in [0.29, 0.717) is 25.6 Å². The van der Waals surface area contributed by atoms with E-state index in [9.17, 15) is 4.79 Å². The Hall–Kier alpha value is -1.37. The molecule has 2 aromatic rings. The van der Waals surface area contributed by atoms with Crippen molar-refractivity contribution in [3.05, 3.63) is 68.6 Å². The second-order valence-electron chi connectivity index (χ2n) is 7.23. The summed E-state index contributed by atoms with van der Waals surface area (Å²) in [4.78, 5) is 13.9. The molecular formula is C21H24Br2N2O2. The molecule has 0 saturated carbocycles. The van der Waals surface area contributed by atoms with Gasteiger partial charge in [0.25, 0.3) is 0 Å². The Kier molecular flexibility index (Phi) is 6.95. The highest BCUT2D eigenvalue weighted by Gasteiger charge is 2.34. The first-order valence-corrected chi connectivity index (χ1v) is 10.7. The van der Waals surface area contributed by atoms with Gasteiger partial charge in [0.2, 0.25) is 0 Å². The van der Waals surface area contributed by atoms with Gasteiger partial charge in [-0.2, -0.15) is 0 Å². The van der Waals surface area contributed by atoms with E-state index in [4.69, 9.17) is 4.74 Å². The highest BCUT2D eigenvalue weighted by atomic mass is 79.9. The number of halogens is 2. The molecule has 1 aliphatic heterocycles. The average Bonchev–Trinajstić information content (AvgIpc) is 2.61. The maximum atomic E-state index is 12.1. The van der Waals surface area contributed by atoms with Gasteiger partial charge >= 0.3 is 6.03 Å². The number of rotatable bonds is 6. The number of benzene rings is 2. The number of nitrogens with one attached hydrogen (secondary N) is 1. The number of urea groups is 1. The SMILES string of the molecule is CC(C)CNC(=O)N1CC(OC(c2ccc(Br)cc2)c2ccc(Br)cc2)C1. The standard InChI is InChI=1S/C21H24Br2N2O2/c1-14(2)11-24-21(26)25-12-19(13-25)27-20(15-3-7-17(22)8-4-15)16-5-9-18(23)10-6-16/h3-10,14,19-20H,11-13H2,1-2H3,(H,24,26). The summed E-state index contributed by atoms with van der Waals surface area (Å²) in [6, 6.07) is 16.4. The van der Waals surface area contributed by atoms with Crippen LogP contribution in [0.2, 0.25) is 0 Å². The normalized spacial score (nSPS) is 14.5. The molecule has 1 heterocycles. The number of ether oxygens (including phenoxy) is 1. The lowest BCUT2D eigenvalue weighted by Gasteiger charge is -2.40. The van der Waals surface area contributed by atoms with E-state index >= 15 is 0 Å². The van der Waals surface area contributed by atoms with Crippen molar-refractivity contribution in [1.82, 2.24) is 10.2 Å². The quantitative estimate of drug-likeness (QED) is 0.585. The zero-order chi connectivity index (χ0) is 19.4. The van der Waals surface area contributed by atoms with E-state index in [1.54, 1.807) is 4.90 Å². The van der Waals surface area contributed by atoms with Crippen LogP contribution >= 0.6 is 31.9 Å². The highest BCUT2D eigenvalue weighted by molar-refractivity contribution is 9.10. The third kappa shape index (κ3) is 5.56. The van der Waals surface area contributed by atoms with Gasteiger partial charge < -0.3 is 15.0 Å². The second kappa shape index (κ2) is 9.22.